The summed E-state index contributed by atoms with van der Waals surface area (Å²) in [6.45, 7) is 7.24. The average Bonchev–Trinajstić information content (AvgIpc) is 3.60. The Morgan fingerprint density at radius 3 is 1.95 bits per heavy atom. The lowest BCUT2D eigenvalue weighted by molar-refractivity contribution is -0.135. The zero-order valence-electron chi connectivity index (χ0n) is 23.2. The molecule has 0 radical (unpaired) electrons. The van der Waals surface area contributed by atoms with Crippen LogP contribution in [-0.2, 0) is 22.6 Å². The number of ether oxygens (including phenoxy) is 1. The number of likely N-dealkylation sites (tertiary alicyclic amines) is 2. The Hall–Kier alpha value is -4.39. The molecule has 0 aromatic heterocycles. The Morgan fingerprint density at radius 2 is 1.48 bits per heavy atom. The summed E-state index contributed by atoms with van der Waals surface area (Å²) in [7, 11) is 0. The fraction of sp³-hybridized carbons (Fsp3) is 0.452. The summed E-state index contributed by atoms with van der Waals surface area (Å²) >= 11 is 0. The molecule has 0 N–H and O–H groups in total. The van der Waals surface area contributed by atoms with Gasteiger partial charge in [0.1, 0.15) is 17.7 Å². The van der Waals surface area contributed by atoms with E-state index in [1.165, 1.54) is 4.90 Å². The molecule has 0 aliphatic carbocycles. The molecule has 2 saturated heterocycles. The molecule has 2 heterocycles. The van der Waals surface area contributed by atoms with Gasteiger partial charge in [0.05, 0.1) is 29.3 Å². The first-order chi connectivity index (χ1) is 19.1. The van der Waals surface area contributed by atoms with E-state index in [9.17, 15) is 25.4 Å². The van der Waals surface area contributed by atoms with Crippen molar-refractivity contribution >= 4 is 12.0 Å². The molecule has 0 saturated carbocycles. The summed E-state index contributed by atoms with van der Waals surface area (Å²) in [6, 6.07) is 19.9. The van der Waals surface area contributed by atoms with Gasteiger partial charge in [-0.05, 0) is 75.4 Å². The molecule has 2 amide bonds. The highest BCUT2D eigenvalue weighted by Gasteiger charge is 2.46. The van der Waals surface area contributed by atoms with Gasteiger partial charge in [-0.3, -0.25) is 14.6 Å². The van der Waals surface area contributed by atoms with Crippen LogP contribution in [0.3, 0.4) is 0 Å². The molecule has 1 unspecified atom stereocenters. The molecule has 2 aromatic rings. The highest BCUT2D eigenvalue weighted by Crippen LogP contribution is 2.30. The minimum Gasteiger partial charge on any atom is -0.444 e. The van der Waals surface area contributed by atoms with E-state index in [1.54, 1.807) is 49.9 Å². The summed E-state index contributed by atoms with van der Waals surface area (Å²) in [5, 5.41) is 28.0. The van der Waals surface area contributed by atoms with Gasteiger partial charge < -0.3 is 9.64 Å². The van der Waals surface area contributed by atoms with Gasteiger partial charge in [-0.1, -0.05) is 24.3 Å². The average molecular weight is 539 g/mol. The topological polar surface area (TPSA) is 124 Å². The first-order valence-electron chi connectivity index (χ1n) is 13.5. The number of hydrogen-bond donors (Lipinski definition) is 0. The second-order valence-corrected chi connectivity index (χ2v) is 11.4. The Bertz CT molecular complexity index is 1280. The second kappa shape index (κ2) is 12.2. The predicted molar refractivity (Wildman–Crippen MR) is 147 cm³/mol. The van der Waals surface area contributed by atoms with Crippen LogP contribution in [0.4, 0.5) is 4.79 Å². The number of carbonyl (C=O) groups is 2. The Morgan fingerprint density at radius 1 is 0.925 bits per heavy atom. The summed E-state index contributed by atoms with van der Waals surface area (Å²) in [5.74, 6) is -0.214. The lowest BCUT2D eigenvalue weighted by atomic mass is 10.1. The fourth-order valence-corrected chi connectivity index (χ4v) is 5.34. The van der Waals surface area contributed by atoms with Crippen LogP contribution in [0.2, 0.25) is 0 Å². The first kappa shape index (κ1) is 28.6. The number of nitrogens with zero attached hydrogens (tertiary/aromatic N) is 6. The van der Waals surface area contributed by atoms with Crippen molar-refractivity contribution in [3.8, 4) is 18.2 Å². The van der Waals surface area contributed by atoms with Crippen molar-refractivity contribution in [3.63, 3.8) is 0 Å². The lowest BCUT2D eigenvalue weighted by Gasteiger charge is -2.31. The molecular formula is C31H34N6O3. The van der Waals surface area contributed by atoms with E-state index in [1.807, 2.05) is 24.3 Å². The molecule has 0 spiro atoms. The quantitative estimate of drug-likeness (QED) is 0.536. The maximum absolute atomic E-state index is 13.8. The Kier molecular flexibility index (Phi) is 8.73. The largest absolute Gasteiger partial charge is 0.444 e. The molecule has 2 fully saturated rings. The van der Waals surface area contributed by atoms with Crippen molar-refractivity contribution in [1.82, 2.24) is 14.7 Å². The van der Waals surface area contributed by atoms with Gasteiger partial charge in [-0.2, -0.15) is 15.8 Å². The molecular weight excluding hydrogens is 504 g/mol. The number of rotatable bonds is 6. The van der Waals surface area contributed by atoms with E-state index in [0.29, 0.717) is 50.1 Å². The van der Waals surface area contributed by atoms with Gasteiger partial charge in [0.2, 0.25) is 5.91 Å². The fourth-order valence-electron chi connectivity index (χ4n) is 5.34. The molecule has 2 aliphatic heterocycles. The molecule has 4 rings (SSSR count). The third kappa shape index (κ3) is 6.78. The molecule has 0 bridgehead atoms. The third-order valence-corrected chi connectivity index (χ3v) is 7.33. The van der Waals surface area contributed by atoms with Crippen LogP contribution in [0.1, 0.15) is 62.3 Å². The maximum atomic E-state index is 13.8. The molecule has 40 heavy (non-hydrogen) atoms. The summed E-state index contributed by atoms with van der Waals surface area (Å²) in [5.41, 5.74) is 2.41. The second-order valence-electron chi connectivity index (χ2n) is 11.4. The Labute approximate surface area is 235 Å². The summed E-state index contributed by atoms with van der Waals surface area (Å²) < 4.78 is 5.71. The van der Waals surface area contributed by atoms with Gasteiger partial charge in [0, 0.05) is 32.2 Å². The van der Waals surface area contributed by atoms with E-state index in [-0.39, 0.29) is 11.9 Å². The first-order valence-corrected chi connectivity index (χ1v) is 13.5. The van der Waals surface area contributed by atoms with E-state index < -0.39 is 23.8 Å². The van der Waals surface area contributed by atoms with Crippen LogP contribution in [0.5, 0.6) is 0 Å². The van der Waals surface area contributed by atoms with Crippen molar-refractivity contribution in [1.29, 1.82) is 15.8 Å². The summed E-state index contributed by atoms with van der Waals surface area (Å²) in [6.07, 6.45) is 1.25. The predicted octanol–water partition coefficient (Wildman–Crippen LogP) is 4.32. The van der Waals surface area contributed by atoms with Crippen LogP contribution in [-0.4, -0.2) is 63.5 Å². The van der Waals surface area contributed by atoms with Crippen molar-refractivity contribution in [2.45, 2.75) is 76.8 Å². The van der Waals surface area contributed by atoms with Crippen LogP contribution in [0.15, 0.2) is 48.5 Å². The van der Waals surface area contributed by atoms with Crippen LogP contribution < -0.4 is 0 Å². The summed E-state index contributed by atoms with van der Waals surface area (Å²) in [4.78, 5) is 32.5. The van der Waals surface area contributed by atoms with E-state index in [4.69, 9.17) is 4.74 Å². The van der Waals surface area contributed by atoms with E-state index in [0.717, 1.165) is 17.5 Å². The van der Waals surface area contributed by atoms with Crippen molar-refractivity contribution in [3.05, 3.63) is 70.8 Å². The normalized spacial score (nSPS) is 20.6. The van der Waals surface area contributed by atoms with Crippen molar-refractivity contribution in [2.24, 2.45) is 0 Å². The SMILES string of the molecule is CC(C)(C)OC(=O)N1C[C@@H](N(Cc2ccc(C#N)cc2)Cc2ccc(C#N)cc2)C[C@H]1C(=O)N1CCCC1C#N. The Balaban J connectivity index is 1.64. The van der Waals surface area contributed by atoms with E-state index in [2.05, 4.69) is 23.1 Å². The van der Waals surface area contributed by atoms with E-state index >= 15 is 0 Å². The lowest BCUT2D eigenvalue weighted by Crippen LogP contribution is -2.50. The number of amides is 2. The van der Waals surface area contributed by atoms with Crippen molar-refractivity contribution < 1.29 is 14.3 Å². The van der Waals surface area contributed by atoms with Gasteiger partial charge >= 0.3 is 6.09 Å². The molecule has 3 atom stereocenters. The van der Waals surface area contributed by atoms with Gasteiger partial charge in [-0.25, -0.2) is 4.79 Å². The van der Waals surface area contributed by atoms with Crippen LogP contribution >= 0.6 is 0 Å². The van der Waals surface area contributed by atoms with Crippen molar-refractivity contribution in [2.75, 3.05) is 13.1 Å². The number of carbonyl (C=O) groups excluding carboxylic acids is 2. The third-order valence-electron chi connectivity index (χ3n) is 7.33. The highest BCUT2D eigenvalue weighted by atomic mass is 16.6. The smallest absolute Gasteiger partial charge is 0.411 e. The number of hydrogen-bond acceptors (Lipinski definition) is 7. The highest BCUT2D eigenvalue weighted by molar-refractivity contribution is 5.87. The minimum absolute atomic E-state index is 0.170. The maximum Gasteiger partial charge on any atom is 0.411 e. The van der Waals surface area contributed by atoms with Gasteiger partial charge in [0.15, 0.2) is 0 Å². The molecule has 2 aliphatic rings. The van der Waals surface area contributed by atoms with Gasteiger partial charge in [0.25, 0.3) is 0 Å². The van der Waals surface area contributed by atoms with Crippen LogP contribution in [0, 0.1) is 34.0 Å². The number of nitriles is 3. The monoisotopic (exact) mass is 538 g/mol. The molecule has 2 aromatic carbocycles. The van der Waals surface area contributed by atoms with Gasteiger partial charge in [-0.15, -0.1) is 0 Å². The zero-order chi connectivity index (χ0) is 28.9. The standard InChI is InChI=1S/C31H34N6O3/c1-31(2,3)40-30(39)37-21-27(15-28(37)29(38)36-14-4-5-26(36)18-34)35(19-24-10-6-22(16-32)7-11-24)20-25-12-8-23(17-33)9-13-25/h6-13,26-28H,4-5,14-15,19-21H2,1-3H3/t26?,27-,28-/m0/s1. The molecule has 9 nitrogen and oxygen atoms in total. The zero-order valence-corrected chi connectivity index (χ0v) is 23.2. The van der Waals surface area contributed by atoms with Crippen LogP contribution in [0.25, 0.3) is 0 Å². The number of benzene rings is 2. The minimum atomic E-state index is -0.738. The molecule has 206 valence electrons. The molecule has 9 heteroatoms.